The first-order valence-electron chi connectivity index (χ1n) is 9.47. The Bertz CT molecular complexity index is 1170. The van der Waals surface area contributed by atoms with Crippen molar-refractivity contribution in [2.75, 3.05) is 26.4 Å². The summed E-state index contributed by atoms with van der Waals surface area (Å²) >= 11 is 22.9. The normalized spacial score (nSPS) is 28.4. The minimum atomic E-state index is -3.25. The van der Waals surface area contributed by atoms with E-state index in [2.05, 4.69) is 0 Å². The Kier molecular flexibility index (Phi) is 7.71. The summed E-state index contributed by atoms with van der Waals surface area (Å²) in [4.78, 5) is 20.6. The number of nitrogens with zero attached hydrogens (tertiary/aromatic N) is 2. The molecule has 2 aliphatic rings. The summed E-state index contributed by atoms with van der Waals surface area (Å²) in [7, 11) is 0. The zero-order chi connectivity index (χ0) is 25.4. The average Bonchev–Trinajstić information content (AvgIpc) is 2.81. The van der Waals surface area contributed by atoms with Gasteiger partial charge in [-0.15, -0.1) is 0 Å². The molecule has 188 valence electrons. The van der Waals surface area contributed by atoms with Gasteiger partial charge < -0.3 is 9.05 Å². The number of non-ortho nitro benzene ring substituents is 2. The summed E-state index contributed by atoms with van der Waals surface area (Å²) in [5.41, 5.74) is -1.14. The number of halogens is 2. The summed E-state index contributed by atoms with van der Waals surface area (Å²) in [6, 6.07) is 7.35. The molecule has 0 aliphatic carbocycles. The van der Waals surface area contributed by atoms with Crippen molar-refractivity contribution in [2.24, 2.45) is 5.41 Å². The minimum Gasteiger partial charge on any atom is -0.423 e. The topological polar surface area (TPSA) is 142 Å². The van der Waals surface area contributed by atoms with E-state index in [4.69, 9.17) is 74.0 Å². The van der Waals surface area contributed by atoms with Crippen molar-refractivity contribution in [2.45, 2.75) is 0 Å². The number of rotatable bonds is 6. The van der Waals surface area contributed by atoms with Crippen LogP contribution in [0, 0.1) is 25.6 Å². The zero-order valence-electron chi connectivity index (χ0n) is 17.2. The highest BCUT2D eigenvalue weighted by Gasteiger charge is 2.48. The first-order chi connectivity index (χ1) is 16.4. The molecule has 2 heterocycles. The molecular formula is C17H14Cl2N2O10P2S2. The van der Waals surface area contributed by atoms with E-state index in [0.29, 0.717) is 0 Å². The van der Waals surface area contributed by atoms with Gasteiger partial charge in [0.25, 0.3) is 11.4 Å². The van der Waals surface area contributed by atoms with E-state index in [1.165, 1.54) is 24.3 Å². The van der Waals surface area contributed by atoms with Crippen LogP contribution < -0.4 is 9.05 Å². The molecule has 18 heteroatoms. The van der Waals surface area contributed by atoms with Crippen molar-refractivity contribution in [3.05, 3.63) is 66.7 Å². The molecule has 0 atom stereocenters. The van der Waals surface area contributed by atoms with Gasteiger partial charge >= 0.3 is 13.4 Å². The van der Waals surface area contributed by atoms with Crippen LogP contribution in [0.1, 0.15) is 0 Å². The molecular weight excluding hydrogens is 589 g/mol. The van der Waals surface area contributed by atoms with E-state index in [0.717, 1.165) is 12.1 Å². The van der Waals surface area contributed by atoms with E-state index in [9.17, 15) is 20.2 Å². The van der Waals surface area contributed by atoms with Crippen molar-refractivity contribution in [1.82, 2.24) is 0 Å². The quantitative estimate of drug-likeness (QED) is 0.224. The summed E-state index contributed by atoms with van der Waals surface area (Å²) in [5, 5.41) is 21.7. The predicted octanol–water partition coefficient (Wildman–Crippen LogP) is 5.80. The molecule has 0 amide bonds. The Morgan fingerprint density at radius 3 is 1.40 bits per heavy atom. The van der Waals surface area contributed by atoms with Crippen molar-refractivity contribution in [1.29, 1.82) is 0 Å². The van der Waals surface area contributed by atoms with Crippen molar-refractivity contribution < 1.29 is 37.0 Å². The number of nitro groups is 2. The SMILES string of the molecule is O=[N+]([O-])c1ccc(OP2(=S)OCC3(CO2)COP(=S)(Oc2ccc([N+](=O)[O-])cc2Cl)OC3)c(Cl)c1. The van der Waals surface area contributed by atoms with Gasteiger partial charge in [-0.2, -0.15) is 0 Å². The number of hydrogen-bond donors (Lipinski definition) is 0. The highest BCUT2D eigenvalue weighted by Crippen LogP contribution is 2.60. The lowest BCUT2D eigenvalue weighted by Crippen LogP contribution is -2.46. The summed E-state index contributed by atoms with van der Waals surface area (Å²) in [6.07, 6.45) is 0. The smallest absolute Gasteiger partial charge is 0.380 e. The lowest BCUT2D eigenvalue weighted by molar-refractivity contribution is -0.385. The number of hydrogen-bond acceptors (Lipinski definition) is 12. The predicted molar refractivity (Wildman–Crippen MR) is 132 cm³/mol. The molecule has 2 fully saturated rings. The monoisotopic (exact) mass is 602 g/mol. The molecule has 0 radical (unpaired) electrons. The molecule has 0 bridgehead atoms. The van der Waals surface area contributed by atoms with Gasteiger partial charge in [-0.1, -0.05) is 23.2 Å². The lowest BCUT2D eigenvalue weighted by atomic mass is 9.93. The molecule has 4 rings (SSSR count). The molecule has 0 saturated carbocycles. The second-order valence-corrected chi connectivity index (χ2v) is 14.1. The van der Waals surface area contributed by atoms with Crippen LogP contribution in [-0.4, -0.2) is 36.3 Å². The lowest BCUT2D eigenvalue weighted by Gasteiger charge is -2.43. The van der Waals surface area contributed by atoms with Gasteiger partial charge in [0.2, 0.25) is 0 Å². The van der Waals surface area contributed by atoms with Crippen molar-refractivity contribution in [3.8, 4) is 11.5 Å². The van der Waals surface area contributed by atoms with Crippen LogP contribution in [0.15, 0.2) is 36.4 Å². The van der Waals surface area contributed by atoms with Crippen molar-refractivity contribution in [3.63, 3.8) is 0 Å². The maximum Gasteiger partial charge on any atom is 0.380 e. The second-order valence-electron chi connectivity index (χ2n) is 7.41. The summed E-state index contributed by atoms with van der Waals surface area (Å²) in [6.45, 7) is -6.27. The maximum absolute atomic E-state index is 10.9. The molecule has 2 aromatic carbocycles. The van der Waals surface area contributed by atoms with Crippen LogP contribution in [-0.2, 0) is 41.7 Å². The highest BCUT2D eigenvalue weighted by atomic mass is 35.5. The minimum absolute atomic E-state index is 0.0111. The number of benzene rings is 2. The van der Waals surface area contributed by atoms with Gasteiger partial charge in [-0.3, -0.25) is 38.3 Å². The third-order valence-corrected chi connectivity index (χ3v) is 9.71. The molecule has 35 heavy (non-hydrogen) atoms. The first kappa shape index (κ1) is 26.6. The third kappa shape index (κ3) is 6.11. The molecule has 2 aromatic rings. The Balaban J connectivity index is 1.36. The van der Waals surface area contributed by atoms with Crippen LogP contribution in [0.2, 0.25) is 10.0 Å². The van der Waals surface area contributed by atoms with Gasteiger partial charge in [0.15, 0.2) is 0 Å². The fourth-order valence-corrected chi connectivity index (χ4v) is 7.43. The Labute approximate surface area is 218 Å². The van der Waals surface area contributed by atoms with E-state index in [1.807, 2.05) is 0 Å². The van der Waals surface area contributed by atoms with Crippen LogP contribution in [0.3, 0.4) is 0 Å². The molecule has 0 aromatic heterocycles. The Hall–Kier alpha value is -1.44. The van der Waals surface area contributed by atoms with Gasteiger partial charge in [0.1, 0.15) is 11.5 Å². The van der Waals surface area contributed by atoms with Crippen LogP contribution in [0.25, 0.3) is 0 Å². The molecule has 0 N–H and O–H groups in total. The van der Waals surface area contributed by atoms with E-state index in [1.54, 1.807) is 0 Å². The van der Waals surface area contributed by atoms with Gasteiger partial charge in [0, 0.05) is 47.9 Å². The van der Waals surface area contributed by atoms with E-state index < -0.39 is 28.7 Å². The Morgan fingerprint density at radius 2 is 1.11 bits per heavy atom. The molecule has 12 nitrogen and oxygen atoms in total. The zero-order valence-corrected chi connectivity index (χ0v) is 22.2. The average molecular weight is 603 g/mol. The largest absolute Gasteiger partial charge is 0.423 e. The highest BCUT2D eigenvalue weighted by molar-refractivity contribution is 8.08. The van der Waals surface area contributed by atoms with Crippen LogP contribution in [0.4, 0.5) is 11.4 Å². The summed E-state index contributed by atoms with van der Waals surface area (Å²) < 4.78 is 34.2. The maximum atomic E-state index is 10.9. The first-order valence-corrected chi connectivity index (χ1v) is 15.3. The van der Waals surface area contributed by atoms with Crippen molar-refractivity contribution >= 4 is 71.6 Å². The van der Waals surface area contributed by atoms with Gasteiger partial charge in [-0.25, -0.2) is 0 Å². The molecule has 2 aliphatic heterocycles. The van der Waals surface area contributed by atoms with Gasteiger partial charge in [0.05, 0.1) is 51.7 Å². The molecule has 1 spiro atoms. The van der Waals surface area contributed by atoms with Crippen LogP contribution >= 0.6 is 36.6 Å². The molecule has 0 unspecified atom stereocenters. The van der Waals surface area contributed by atoms with E-state index in [-0.39, 0.29) is 59.3 Å². The van der Waals surface area contributed by atoms with Crippen LogP contribution in [0.5, 0.6) is 11.5 Å². The third-order valence-electron chi connectivity index (χ3n) is 4.79. The van der Waals surface area contributed by atoms with E-state index >= 15 is 0 Å². The standard InChI is InChI=1S/C17H14Cl2N2O10P2S2/c18-13-5-11(20(22)23)1-3-15(13)30-32(34)26-7-17(8-27-32)9-28-33(35,29-10-17)31-16-4-2-12(21(24)25)6-14(16)19/h1-6H,7-10H2. The fraction of sp³-hybridized carbons (Fsp3) is 0.294. The van der Waals surface area contributed by atoms with Gasteiger partial charge in [-0.05, 0) is 12.1 Å². The fourth-order valence-electron chi connectivity index (χ4n) is 2.89. The summed E-state index contributed by atoms with van der Waals surface area (Å²) in [5.74, 6) is 0.188. The molecule has 2 saturated heterocycles. The second kappa shape index (κ2) is 10.1. The number of nitro benzene ring substituents is 2. The Morgan fingerprint density at radius 1 is 0.771 bits per heavy atom.